The van der Waals surface area contributed by atoms with Crippen molar-refractivity contribution in [2.45, 2.75) is 18.1 Å². The van der Waals surface area contributed by atoms with Gasteiger partial charge in [-0.25, -0.2) is 4.39 Å². The number of thioether (sulfide) groups is 1. The van der Waals surface area contributed by atoms with E-state index in [-0.39, 0.29) is 23.5 Å². The standard InChI is InChI=1S/C20H21FN4O2S/c1-14(12-27-2)22-18(26)13-28-20-24-23-19(15-6-4-3-5-7-15)25(20)17-10-8-16(21)9-11-17/h3-11,14H,12-13H2,1-2H3,(H,22,26). The average molecular weight is 400 g/mol. The Kier molecular flexibility index (Phi) is 6.78. The molecule has 0 aliphatic carbocycles. The van der Waals surface area contributed by atoms with Crippen molar-refractivity contribution in [3.8, 4) is 17.1 Å². The zero-order valence-corrected chi connectivity index (χ0v) is 16.4. The van der Waals surface area contributed by atoms with Gasteiger partial charge in [-0.2, -0.15) is 0 Å². The SMILES string of the molecule is COCC(C)NC(=O)CSc1nnc(-c2ccccc2)n1-c1ccc(F)cc1. The highest BCUT2D eigenvalue weighted by atomic mass is 32.2. The van der Waals surface area contributed by atoms with Crippen LogP contribution in [-0.4, -0.2) is 46.2 Å². The van der Waals surface area contributed by atoms with Crippen LogP contribution in [-0.2, 0) is 9.53 Å². The molecule has 28 heavy (non-hydrogen) atoms. The van der Waals surface area contributed by atoms with Crippen LogP contribution < -0.4 is 5.32 Å². The largest absolute Gasteiger partial charge is 0.383 e. The lowest BCUT2D eigenvalue weighted by atomic mass is 10.2. The molecule has 0 aliphatic rings. The first kappa shape index (κ1) is 20.0. The van der Waals surface area contributed by atoms with Crippen LogP contribution in [0, 0.1) is 5.82 Å². The summed E-state index contributed by atoms with van der Waals surface area (Å²) in [5.41, 5.74) is 1.60. The average Bonchev–Trinajstić information content (AvgIpc) is 3.12. The van der Waals surface area contributed by atoms with E-state index in [1.54, 1.807) is 19.2 Å². The van der Waals surface area contributed by atoms with Crippen molar-refractivity contribution in [2.24, 2.45) is 0 Å². The van der Waals surface area contributed by atoms with E-state index in [4.69, 9.17) is 4.74 Å². The molecule has 0 aliphatic heterocycles. The van der Waals surface area contributed by atoms with Crippen LogP contribution in [0.2, 0.25) is 0 Å². The maximum absolute atomic E-state index is 13.4. The predicted octanol–water partition coefficient (Wildman–Crippen LogP) is 3.32. The van der Waals surface area contributed by atoms with Crippen LogP contribution in [0.3, 0.4) is 0 Å². The smallest absolute Gasteiger partial charge is 0.230 e. The normalized spacial score (nSPS) is 12.0. The number of carbonyl (C=O) groups excluding carboxylic acids is 1. The van der Waals surface area contributed by atoms with E-state index in [0.717, 1.165) is 11.3 Å². The number of methoxy groups -OCH3 is 1. The topological polar surface area (TPSA) is 69.0 Å². The summed E-state index contributed by atoms with van der Waals surface area (Å²) >= 11 is 1.27. The van der Waals surface area contributed by atoms with Crippen molar-refractivity contribution in [3.63, 3.8) is 0 Å². The Morgan fingerprint density at radius 3 is 2.57 bits per heavy atom. The second kappa shape index (κ2) is 9.48. The maximum Gasteiger partial charge on any atom is 0.230 e. The second-order valence-electron chi connectivity index (χ2n) is 6.20. The van der Waals surface area contributed by atoms with Crippen molar-refractivity contribution in [2.75, 3.05) is 19.5 Å². The Morgan fingerprint density at radius 2 is 1.89 bits per heavy atom. The molecule has 6 nitrogen and oxygen atoms in total. The molecule has 0 spiro atoms. The lowest BCUT2D eigenvalue weighted by Crippen LogP contribution is -2.36. The number of rotatable bonds is 8. The first-order valence-electron chi connectivity index (χ1n) is 8.76. The maximum atomic E-state index is 13.4. The van der Waals surface area contributed by atoms with E-state index in [1.807, 2.05) is 41.8 Å². The zero-order valence-electron chi connectivity index (χ0n) is 15.6. The quantitative estimate of drug-likeness (QED) is 0.588. The van der Waals surface area contributed by atoms with Gasteiger partial charge in [-0.05, 0) is 31.2 Å². The third-order valence-corrected chi connectivity index (χ3v) is 4.84. The van der Waals surface area contributed by atoms with Crippen LogP contribution in [0.15, 0.2) is 59.8 Å². The third kappa shape index (κ3) is 4.96. The molecule has 0 bridgehead atoms. The van der Waals surface area contributed by atoms with Crippen LogP contribution in [0.1, 0.15) is 6.92 Å². The van der Waals surface area contributed by atoms with Gasteiger partial charge in [0, 0.05) is 24.4 Å². The third-order valence-electron chi connectivity index (χ3n) is 3.91. The lowest BCUT2D eigenvalue weighted by molar-refractivity contribution is -0.119. The molecule has 0 saturated carbocycles. The molecule has 2 aromatic carbocycles. The first-order chi connectivity index (χ1) is 13.6. The molecule has 0 saturated heterocycles. The van der Waals surface area contributed by atoms with E-state index < -0.39 is 0 Å². The number of nitrogens with zero attached hydrogens (tertiary/aromatic N) is 3. The minimum Gasteiger partial charge on any atom is -0.383 e. The van der Waals surface area contributed by atoms with Crippen LogP contribution in [0.5, 0.6) is 0 Å². The predicted molar refractivity (Wildman–Crippen MR) is 107 cm³/mol. The lowest BCUT2D eigenvalue weighted by Gasteiger charge is -2.13. The summed E-state index contributed by atoms with van der Waals surface area (Å²) in [5.74, 6) is 0.369. The fraction of sp³-hybridized carbons (Fsp3) is 0.250. The molecule has 8 heteroatoms. The minimum atomic E-state index is -0.321. The van der Waals surface area contributed by atoms with Crippen LogP contribution >= 0.6 is 11.8 Å². The van der Waals surface area contributed by atoms with Crippen molar-refractivity contribution < 1.29 is 13.9 Å². The number of ether oxygens (including phenoxy) is 1. The zero-order chi connectivity index (χ0) is 19.9. The fourth-order valence-electron chi connectivity index (χ4n) is 2.70. The molecular formula is C20H21FN4O2S. The molecule has 1 atom stereocenters. The summed E-state index contributed by atoms with van der Waals surface area (Å²) in [6.45, 7) is 2.32. The van der Waals surface area contributed by atoms with E-state index in [0.29, 0.717) is 17.6 Å². The van der Waals surface area contributed by atoms with Crippen LogP contribution in [0.4, 0.5) is 4.39 Å². The minimum absolute atomic E-state index is 0.0760. The van der Waals surface area contributed by atoms with Gasteiger partial charge in [0.25, 0.3) is 0 Å². The number of halogens is 1. The number of amides is 1. The number of aromatic nitrogens is 3. The molecule has 0 radical (unpaired) electrons. The molecule has 3 aromatic rings. The number of benzene rings is 2. The van der Waals surface area contributed by atoms with Crippen molar-refractivity contribution in [3.05, 3.63) is 60.4 Å². The van der Waals surface area contributed by atoms with Gasteiger partial charge in [-0.15, -0.1) is 10.2 Å². The molecule has 1 N–H and O–H groups in total. The van der Waals surface area contributed by atoms with Crippen molar-refractivity contribution in [1.29, 1.82) is 0 Å². The molecule has 1 amide bonds. The van der Waals surface area contributed by atoms with Crippen molar-refractivity contribution in [1.82, 2.24) is 20.1 Å². The number of nitrogens with one attached hydrogen (secondary N) is 1. The summed E-state index contributed by atoms with van der Waals surface area (Å²) in [4.78, 5) is 12.2. The van der Waals surface area contributed by atoms with Gasteiger partial charge < -0.3 is 10.1 Å². The van der Waals surface area contributed by atoms with E-state index >= 15 is 0 Å². The van der Waals surface area contributed by atoms with Gasteiger partial charge in [0.05, 0.1) is 12.4 Å². The Bertz CT molecular complexity index is 916. The van der Waals surface area contributed by atoms with Crippen molar-refractivity contribution >= 4 is 17.7 Å². The highest BCUT2D eigenvalue weighted by molar-refractivity contribution is 7.99. The Hall–Kier alpha value is -2.71. The Labute approximate surface area is 167 Å². The first-order valence-corrected chi connectivity index (χ1v) is 9.75. The molecule has 3 rings (SSSR count). The van der Waals surface area contributed by atoms with Crippen LogP contribution in [0.25, 0.3) is 17.1 Å². The van der Waals surface area contributed by atoms with Gasteiger partial charge in [0.1, 0.15) is 5.82 Å². The van der Waals surface area contributed by atoms with Gasteiger partial charge >= 0.3 is 0 Å². The second-order valence-corrected chi connectivity index (χ2v) is 7.14. The summed E-state index contributed by atoms with van der Waals surface area (Å²) in [6.07, 6.45) is 0. The van der Waals surface area contributed by atoms with E-state index in [2.05, 4.69) is 15.5 Å². The molecule has 1 heterocycles. The van der Waals surface area contributed by atoms with Gasteiger partial charge in [0.2, 0.25) is 5.91 Å². The Morgan fingerprint density at radius 1 is 1.18 bits per heavy atom. The summed E-state index contributed by atoms with van der Waals surface area (Å²) < 4.78 is 20.2. The fourth-order valence-corrected chi connectivity index (χ4v) is 3.46. The highest BCUT2D eigenvalue weighted by Gasteiger charge is 2.17. The number of hydrogen-bond donors (Lipinski definition) is 1. The summed E-state index contributed by atoms with van der Waals surface area (Å²) in [5, 5.41) is 12.0. The molecule has 0 fully saturated rings. The van der Waals surface area contributed by atoms with Gasteiger partial charge in [0.15, 0.2) is 11.0 Å². The number of carbonyl (C=O) groups is 1. The summed E-state index contributed by atoms with van der Waals surface area (Å²) in [6, 6.07) is 15.6. The molecule has 1 aromatic heterocycles. The summed E-state index contributed by atoms with van der Waals surface area (Å²) in [7, 11) is 1.59. The van der Waals surface area contributed by atoms with E-state index in [1.165, 1.54) is 23.9 Å². The molecular weight excluding hydrogens is 379 g/mol. The molecule has 146 valence electrons. The number of hydrogen-bond acceptors (Lipinski definition) is 5. The van der Waals surface area contributed by atoms with Gasteiger partial charge in [-0.1, -0.05) is 42.1 Å². The van der Waals surface area contributed by atoms with Gasteiger partial charge in [-0.3, -0.25) is 9.36 Å². The van der Waals surface area contributed by atoms with E-state index in [9.17, 15) is 9.18 Å². The Balaban J connectivity index is 1.86. The highest BCUT2D eigenvalue weighted by Crippen LogP contribution is 2.27. The molecule has 1 unspecified atom stereocenters. The monoisotopic (exact) mass is 400 g/mol.